The zero-order valence-corrected chi connectivity index (χ0v) is 10.3. The highest BCUT2D eigenvalue weighted by Crippen LogP contribution is 2.22. The molecule has 1 aromatic carbocycles. The molecule has 3 N–H and O–H groups in total. The van der Waals surface area contributed by atoms with Crippen molar-refractivity contribution in [1.29, 1.82) is 5.26 Å². The zero-order valence-electron chi connectivity index (χ0n) is 10.3. The van der Waals surface area contributed by atoms with Gasteiger partial charge in [-0.1, -0.05) is 0 Å². The summed E-state index contributed by atoms with van der Waals surface area (Å²) in [5.74, 6) is -0.0132. The molecule has 0 atom stereocenters. The SMILES string of the molecule is CN(CC(=O)NC1CC1)c1ccc(N)cc1C#N. The molecule has 0 aliphatic heterocycles. The number of nitrogens with two attached hydrogens (primary N) is 1. The molecular formula is C13H16N4O. The minimum atomic E-state index is -0.0132. The first-order valence-electron chi connectivity index (χ1n) is 5.90. The number of rotatable bonds is 4. The summed E-state index contributed by atoms with van der Waals surface area (Å²) in [6.45, 7) is 0.245. The van der Waals surface area contributed by atoms with E-state index in [1.54, 1.807) is 30.1 Å². The van der Waals surface area contributed by atoms with Crippen LogP contribution in [-0.4, -0.2) is 25.5 Å². The van der Waals surface area contributed by atoms with Gasteiger partial charge in [-0.05, 0) is 31.0 Å². The Kier molecular flexibility index (Phi) is 3.38. The molecule has 1 aromatic rings. The normalized spacial score (nSPS) is 13.8. The molecule has 18 heavy (non-hydrogen) atoms. The van der Waals surface area contributed by atoms with Gasteiger partial charge in [-0.25, -0.2) is 0 Å². The molecule has 1 saturated carbocycles. The maximum absolute atomic E-state index is 11.7. The lowest BCUT2D eigenvalue weighted by atomic mass is 10.1. The van der Waals surface area contributed by atoms with Crippen molar-refractivity contribution in [3.63, 3.8) is 0 Å². The molecule has 0 radical (unpaired) electrons. The van der Waals surface area contributed by atoms with Crippen LogP contribution >= 0.6 is 0 Å². The van der Waals surface area contributed by atoms with Gasteiger partial charge < -0.3 is 16.0 Å². The Morgan fingerprint density at radius 1 is 1.61 bits per heavy atom. The topological polar surface area (TPSA) is 82.2 Å². The molecular weight excluding hydrogens is 228 g/mol. The standard InChI is InChI=1S/C13H16N4O/c1-17(8-13(18)16-11-3-4-11)12-5-2-10(15)6-9(12)7-14/h2,5-6,11H,3-4,8,15H2,1H3,(H,16,18). The summed E-state index contributed by atoms with van der Waals surface area (Å²) in [5, 5.41) is 12.0. The largest absolute Gasteiger partial charge is 0.399 e. The fourth-order valence-corrected chi connectivity index (χ4v) is 1.78. The summed E-state index contributed by atoms with van der Waals surface area (Å²) in [6.07, 6.45) is 2.14. The molecule has 1 aliphatic carbocycles. The van der Waals surface area contributed by atoms with Crippen LogP contribution in [0, 0.1) is 11.3 Å². The van der Waals surface area contributed by atoms with Crippen LogP contribution in [0.2, 0.25) is 0 Å². The number of carbonyl (C=O) groups is 1. The lowest BCUT2D eigenvalue weighted by molar-refractivity contribution is -0.119. The molecule has 1 amide bonds. The molecule has 1 fully saturated rings. The van der Waals surface area contributed by atoms with E-state index < -0.39 is 0 Å². The number of hydrogen-bond acceptors (Lipinski definition) is 4. The second kappa shape index (κ2) is 4.96. The van der Waals surface area contributed by atoms with Gasteiger partial charge in [0, 0.05) is 18.8 Å². The van der Waals surface area contributed by atoms with Gasteiger partial charge in [0.1, 0.15) is 6.07 Å². The number of amides is 1. The van der Waals surface area contributed by atoms with Crippen molar-refractivity contribution < 1.29 is 4.79 Å². The Morgan fingerprint density at radius 3 is 2.94 bits per heavy atom. The number of nitrogens with one attached hydrogen (secondary N) is 1. The minimum absolute atomic E-state index is 0.0132. The number of nitriles is 1. The Hall–Kier alpha value is -2.22. The average molecular weight is 244 g/mol. The van der Waals surface area contributed by atoms with E-state index in [4.69, 9.17) is 11.0 Å². The highest BCUT2D eigenvalue weighted by molar-refractivity contribution is 5.82. The molecule has 94 valence electrons. The van der Waals surface area contributed by atoms with E-state index in [1.165, 1.54) is 0 Å². The van der Waals surface area contributed by atoms with Crippen LogP contribution in [0.15, 0.2) is 18.2 Å². The lowest BCUT2D eigenvalue weighted by Crippen LogP contribution is -2.36. The molecule has 1 aliphatic rings. The molecule has 0 bridgehead atoms. The number of benzene rings is 1. The van der Waals surface area contributed by atoms with Gasteiger partial charge in [-0.15, -0.1) is 0 Å². The molecule has 0 unspecified atom stereocenters. The number of anilines is 2. The van der Waals surface area contributed by atoms with Crippen molar-refractivity contribution in [1.82, 2.24) is 5.32 Å². The number of nitrogen functional groups attached to an aromatic ring is 1. The number of likely N-dealkylation sites (N-methyl/N-ethyl adjacent to an activating group) is 1. The van der Waals surface area contributed by atoms with Crippen molar-refractivity contribution >= 4 is 17.3 Å². The van der Waals surface area contributed by atoms with E-state index in [2.05, 4.69) is 11.4 Å². The quantitative estimate of drug-likeness (QED) is 0.769. The smallest absolute Gasteiger partial charge is 0.239 e. The van der Waals surface area contributed by atoms with Crippen LogP contribution in [0.3, 0.4) is 0 Å². The first-order chi connectivity index (χ1) is 8.60. The third kappa shape index (κ3) is 2.92. The first-order valence-corrected chi connectivity index (χ1v) is 5.90. The van der Waals surface area contributed by atoms with Gasteiger partial charge in [0.15, 0.2) is 0 Å². The molecule has 0 saturated heterocycles. The van der Waals surface area contributed by atoms with Crippen LogP contribution in [0.25, 0.3) is 0 Å². The summed E-state index contributed by atoms with van der Waals surface area (Å²) in [7, 11) is 1.79. The molecule has 0 heterocycles. The average Bonchev–Trinajstić information content (AvgIpc) is 3.12. The Labute approximate surface area is 106 Å². The van der Waals surface area contributed by atoms with Crippen LogP contribution in [0.1, 0.15) is 18.4 Å². The van der Waals surface area contributed by atoms with Gasteiger partial charge >= 0.3 is 0 Å². The maximum Gasteiger partial charge on any atom is 0.239 e. The monoisotopic (exact) mass is 244 g/mol. The van der Waals surface area contributed by atoms with Crippen molar-refractivity contribution in [2.75, 3.05) is 24.2 Å². The van der Waals surface area contributed by atoms with E-state index in [0.717, 1.165) is 18.5 Å². The van der Waals surface area contributed by atoms with E-state index in [-0.39, 0.29) is 12.5 Å². The van der Waals surface area contributed by atoms with Gasteiger partial charge in [-0.3, -0.25) is 4.79 Å². The Bertz CT molecular complexity index is 502. The minimum Gasteiger partial charge on any atom is -0.399 e. The summed E-state index contributed by atoms with van der Waals surface area (Å²) in [6, 6.07) is 7.55. The highest BCUT2D eigenvalue weighted by atomic mass is 16.2. The fraction of sp³-hybridized carbons (Fsp3) is 0.385. The van der Waals surface area contributed by atoms with Crippen LogP contribution in [0.5, 0.6) is 0 Å². The van der Waals surface area contributed by atoms with Crippen molar-refractivity contribution in [2.24, 2.45) is 0 Å². The predicted molar refractivity (Wildman–Crippen MR) is 70.0 cm³/mol. The Balaban J connectivity index is 2.05. The molecule has 2 rings (SSSR count). The summed E-state index contributed by atoms with van der Waals surface area (Å²) < 4.78 is 0. The summed E-state index contributed by atoms with van der Waals surface area (Å²) in [4.78, 5) is 13.4. The Morgan fingerprint density at radius 2 is 2.33 bits per heavy atom. The third-order valence-corrected chi connectivity index (χ3v) is 2.88. The summed E-state index contributed by atoms with van der Waals surface area (Å²) in [5.41, 5.74) is 7.38. The van der Waals surface area contributed by atoms with Gasteiger partial charge in [0.25, 0.3) is 0 Å². The van der Waals surface area contributed by atoms with Gasteiger partial charge in [0.05, 0.1) is 17.8 Å². The third-order valence-electron chi connectivity index (χ3n) is 2.88. The second-order valence-corrected chi connectivity index (χ2v) is 4.59. The van der Waals surface area contributed by atoms with E-state index in [0.29, 0.717) is 17.3 Å². The fourth-order valence-electron chi connectivity index (χ4n) is 1.78. The van der Waals surface area contributed by atoms with Crippen molar-refractivity contribution in [3.8, 4) is 6.07 Å². The number of nitrogens with zero attached hydrogens (tertiary/aromatic N) is 2. The van der Waals surface area contributed by atoms with Crippen LogP contribution < -0.4 is 16.0 Å². The van der Waals surface area contributed by atoms with Crippen molar-refractivity contribution in [2.45, 2.75) is 18.9 Å². The van der Waals surface area contributed by atoms with E-state index in [1.807, 2.05) is 0 Å². The van der Waals surface area contributed by atoms with Gasteiger partial charge in [-0.2, -0.15) is 5.26 Å². The number of hydrogen-bond donors (Lipinski definition) is 2. The van der Waals surface area contributed by atoms with E-state index >= 15 is 0 Å². The molecule has 5 nitrogen and oxygen atoms in total. The van der Waals surface area contributed by atoms with E-state index in [9.17, 15) is 4.79 Å². The maximum atomic E-state index is 11.7. The zero-order chi connectivity index (χ0) is 13.1. The summed E-state index contributed by atoms with van der Waals surface area (Å²) >= 11 is 0. The second-order valence-electron chi connectivity index (χ2n) is 4.59. The molecule has 0 spiro atoms. The van der Waals surface area contributed by atoms with Crippen LogP contribution in [0.4, 0.5) is 11.4 Å². The predicted octanol–water partition coefficient (Wildman–Crippen LogP) is 0.855. The molecule has 5 heteroatoms. The lowest BCUT2D eigenvalue weighted by Gasteiger charge is -2.20. The van der Waals surface area contributed by atoms with Crippen molar-refractivity contribution in [3.05, 3.63) is 23.8 Å². The van der Waals surface area contributed by atoms with Crippen LogP contribution in [-0.2, 0) is 4.79 Å². The highest BCUT2D eigenvalue weighted by Gasteiger charge is 2.23. The van der Waals surface area contributed by atoms with Gasteiger partial charge in [0.2, 0.25) is 5.91 Å². The number of carbonyl (C=O) groups excluding carboxylic acids is 1. The first kappa shape index (κ1) is 12.2. The molecule has 0 aromatic heterocycles.